The lowest BCUT2D eigenvalue weighted by atomic mass is 10.1. The molecule has 4 heterocycles. The third-order valence-corrected chi connectivity index (χ3v) is 6.48. The summed E-state index contributed by atoms with van der Waals surface area (Å²) in [6, 6.07) is 7.79. The number of hydrogen-bond acceptors (Lipinski definition) is 7. The van der Waals surface area contributed by atoms with Gasteiger partial charge in [-0.1, -0.05) is 29.8 Å². The molecule has 1 atom stereocenters. The molecule has 0 bridgehead atoms. The molecule has 0 saturated carbocycles. The van der Waals surface area contributed by atoms with Crippen molar-refractivity contribution in [2.75, 3.05) is 31.6 Å². The topological polar surface area (TPSA) is 112 Å². The van der Waals surface area contributed by atoms with E-state index < -0.39 is 0 Å². The quantitative estimate of drug-likeness (QED) is 0.476. The van der Waals surface area contributed by atoms with Crippen LogP contribution < -0.4 is 10.6 Å². The van der Waals surface area contributed by atoms with E-state index in [9.17, 15) is 9.59 Å². The van der Waals surface area contributed by atoms with Gasteiger partial charge >= 0.3 is 5.97 Å². The number of H-pyrrole nitrogens is 1. The molecule has 2 aromatic heterocycles. The van der Waals surface area contributed by atoms with Gasteiger partial charge in [-0.3, -0.25) is 14.9 Å². The van der Waals surface area contributed by atoms with E-state index in [1.54, 1.807) is 6.20 Å². The van der Waals surface area contributed by atoms with Crippen molar-refractivity contribution >= 4 is 40.3 Å². The average molecular weight is 469 g/mol. The van der Waals surface area contributed by atoms with Crippen LogP contribution in [0.15, 0.2) is 36.7 Å². The lowest BCUT2D eigenvalue weighted by molar-refractivity contribution is -0.139. The monoisotopic (exact) mass is 468 g/mol. The molecule has 0 spiro atoms. The zero-order chi connectivity index (χ0) is 22.8. The summed E-state index contributed by atoms with van der Waals surface area (Å²) in [7, 11) is 0. The van der Waals surface area contributed by atoms with Gasteiger partial charge in [0.1, 0.15) is 6.04 Å². The predicted octanol–water partition coefficient (Wildman–Crippen LogP) is 2.59. The molecule has 0 radical (unpaired) electrons. The summed E-state index contributed by atoms with van der Waals surface area (Å²) >= 11 is 6.42. The van der Waals surface area contributed by atoms with Crippen LogP contribution in [0.2, 0.25) is 5.02 Å². The molecular formula is C23H25ClN6O3. The number of anilines is 1. The van der Waals surface area contributed by atoms with Gasteiger partial charge in [0, 0.05) is 48.2 Å². The van der Waals surface area contributed by atoms with Crippen LogP contribution in [0.5, 0.6) is 0 Å². The molecular weight excluding hydrogens is 444 g/mol. The fourth-order valence-corrected chi connectivity index (χ4v) is 4.55. The Labute approximate surface area is 195 Å². The zero-order valence-corrected chi connectivity index (χ0v) is 18.8. The molecule has 33 heavy (non-hydrogen) atoms. The van der Waals surface area contributed by atoms with Gasteiger partial charge in [-0.15, -0.1) is 0 Å². The van der Waals surface area contributed by atoms with Gasteiger partial charge in [-0.25, -0.2) is 9.97 Å². The summed E-state index contributed by atoms with van der Waals surface area (Å²) in [6.45, 7) is 1.83. The molecule has 3 aromatic rings. The van der Waals surface area contributed by atoms with Gasteiger partial charge in [0.2, 0.25) is 11.9 Å². The molecule has 1 amide bonds. The predicted molar refractivity (Wildman–Crippen MR) is 125 cm³/mol. The molecule has 1 aromatic carbocycles. The Hall–Kier alpha value is -3.17. The van der Waals surface area contributed by atoms with Crippen molar-refractivity contribution < 1.29 is 14.3 Å². The number of carbonyl (C=O) groups excluding carboxylic acids is 2. The minimum absolute atomic E-state index is 0.00230. The maximum Gasteiger partial charge on any atom is 0.323 e. The number of nitrogens with zero attached hydrogens (tertiary/aromatic N) is 3. The summed E-state index contributed by atoms with van der Waals surface area (Å²) in [6.07, 6.45) is 5.70. The molecule has 3 N–H and O–H groups in total. The molecule has 10 heteroatoms. The fourth-order valence-electron chi connectivity index (χ4n) is 4.35. The van der Waals surface area contributed by atoms with E-state index in [0.29, 0.717) is 42.8 Å². The number of para-hydroxylation sites is 1. The van der Waals surface area contributed by atoms with Crippen LogP contribution >= 0.6 is 11.6 Å². The fraction of sp³-hybridized carbons (Fsp3) is 0.391. The Morgan fingerprint density at radius 2 is 2.06 bits per heavy atom. The molecule has 1 unspecified atom stereocenters. The first-order valence-electron chi connectivity index (χ1n) is 11.1. The summed E-state index contributed by atoms with van der Waals surface area (Å²) in [4.78, 5) is 38.1. The summed E-state index contributed by atoms with van der Waals surface area (Å²) in [5, 5.41) is 7.94. The number of hydrogen-bond donors (Lipinski definition) is 3. The van der Waals surface area contributed by atoms with E-state index in [1.165, 1.54) is 0 Å². The lowest BCUT2D eigenvalue weighted by Crippen LogP contribution is -2.47. The van der Waals surface area contributed by atoms with E-state index in [-0.39, 0.29) is 30.5 Å². The first-order chi connectivity index (χ1) is 16.1. The highest BCUT2D eigenvalue weighted by molar-refractivity contribution is 6.33. The van der Waals surface area contributed by atoms with Gasteiger partial charge in [-0.2, -0.15) is 0 Å². The number of ether oxygens (including phenoxy) is 1. The van der Waals surface area contributed by atoms with Crippen molar-refractivity contribution in [3.05, 3.63) is 41.7 Å². The number of esters is 1. The highest BCUT2D eigenvalue weighted by atomic mass is 35.5. The SMILES string of the molecule is O=C1OCCC1NCC(=O)N1CCC(Nc2ncc(Cl)c(-c3c[nH]c4ccccc34)n2)CC1. The van der Waals surface area contributed by atoms with Crippen LogP contribution in [0.1, 0.15) is 19.3 Å². The minimum Gasteiger partial charge on any atom is -0.464 e. The summed E-state index contributed by atoms with van der Waals surface area (Å²) in [5.41, 5.74) is 2.63. The Bertz CT molecular complexity index is 1170. The minimum atomic E-state index is -0.374. The molecule has 0 aliphatic carbocycles. The first-order valence-corrected chi connectivity index (χ1v) is 11.5. The highest BCUT2D eigenvalue weighted by Gasteiger charge is 2.28. The zero-order valence-electron chi connectivity index (χ0n) is 18.0. The van der Waals surface area contributed by atoms with E-state index in [4.69, 9.17) is 16.3 Å². The highest BCUT2D eigenvalue weighted by Crippen LogP contribution is 2.32. The number of benzene rings is 1. The smallest absolute Gasteiger partial charge is 0.323 e. The average Bonchev–Trinajstić information content (AvgIpc) is 3.45. The van der Waals surface area contributed by atoms with Crippen molar-refractivity contribution in [2.45, 2.75) is 31.3 Å². The van der Waals surface area contributed by atoms with Crippen molar-refractivity contribution in [3.8, 4) is 11.3 Å². The van der Waals surface area contributed by atoms with Gasteiger partial charge < -0.3 is 19.9 Å². The van der Waals surface area contributed by atoms with E-state index in [2.05, 4.69) is 25.6 Å². The normalized spacial score (nSPS) is 19.1. The van der Waals surface area contributed by atoms with Crippen LogP contribution in [0, 0.1) is 0 Å². The number of halogens is 1. The molecule has 2 fully saturated rings. The second kappa shape index (κ2) is 9.36. The Kier molecular flexibility index (Phi) is 6.15. The molecule has 2 aliphatic heterocycles. The van der Waals surface area contributed by atoms with Crippen molar-refractivity contribution in [2.24, 2.45) is 0 Å². The van der Waals surface area contributed by atoms with Gasteiger partial charge in [0.25, 0.3) is 0 Å². The number of nitrogens with one attached hydrogen (secondary N) is 3. The number of piperidine rings is 1. The van der Waals surface area contributed by atoms with E-state index in [1.807, 2.05) is 35.4 Å². The van der Waals surface area contributed by atoms with Gasteiger partial charge in [0.05, 0.1) is 30.1 Å². The van der Waals surface area contributed by atoms with Gasteiger partial charge in [-0.05, 0) is 18.9 Å². The standard InChI is InChI=1S/C23H25ClN6O3/c24-17-12-27-23(29-21(17)16-11-25-18-4-2-1-3-15(16)18)28-14-5-8-30(9-6-14)20(31)13-26-19-7-10-33-22(19)32/h1-4,11-12,14,19,25-26H,5-10,13H2,(H,27,28,29). The van der Waals surface area contributed by atoms with E-state index >= 15 is 0 Å². The number of aromatic nitrogens is 3. The molecule has 2 aliphatic rings. The van der Waals surface area contributed by atoms with Crippen molar-refractivity contribution in [3.63, 3.8) is 0 Å². The number of fused-ring (bicyclic) bond motifs is 1. The van der Waals surface area contributed by atoms with Crippen LogP contribution in [0.3, 0.4) is 0 Å². The molecule has 9 nitrogen and oxygen atoms in total. The Morgan fingerprint density at radius 1 is 1.24 bits per heavy atom. The summed E-state index contributed by atoms with van der Waals surface area (Å²) < 4.78 is 4.92. The number of amides is 1. The number of rotatable bonds is 6. The Morgan fingerprint density at radius 3 is 2.85 bits per heavy atom. The Balaban J connectivity index is 1.18. The molecule has 172 valence electrons. The maximum absolute atomic E-state index is 12.5. The molecule has 2 saturated heterocycles. The third kappa shape index (κ3) is 4.65. The third-order valence-electron chi connectivity index (χ3n) is 6.20. The van der Waals surface area contributed by atoms with Crippen molar-refractivity contribution in [1.29, 1.82) is 0 Å². The second-order valence-corrected chi connectivity index (χ2v) is 8.73. The van der Waals surface area contributed by atoms with E-state index in [0.717, 1.165) is 29.3 Å². The number of likely N-dealkylation sites (tertiary alicyclic amines) is 1. The van der Waals surface area contributed by atoms with Crippen LogP contribution in [0.25, 0.3) is 22.2 Å². The van der Waals surface area contributed by atoms with Crippen LogP contribution in [-0.2, 0) is 14.3 Å². The number of aromatic amines is 1. The number of carbonyl (C=O) groups is 2. The molecule has 5 rings (SSSR count). The lowest BCUT2D eigenvalue weighted by Gasteiger charge is -2.32. The summed E-state index contributed by atoms with van der Waals surface area (Å²) in [5.74, 6) is 0.240. The van der Waals surface area contributed by atoms with Crippen LogP contribution in [-0.4, -0.2) is 70.1 Å². The van der Waals surface area contributed by atoms with Crippen molar-refractivity contribution in [1.82, 2.24) is 25.2 Å². The van der Waals surface area contributed by atoms with Crippen LogP contribution in [0.4, 0.5) is 5.95 Å². The first kappa shape index (κ1) is 21.7. The largest absolute Gasteiger partial charge is 0.464 e. The number of cyclic esters (lactones) is 1. The van der Waals surface area contributed by atoms with Gasteiger partial charge in [0.15, 0.2) is 0 Å². The second-order valence-electron chi connectivity index (χ2n) is 8.33. The maximum atomic E-state index is 12.5.